The quantitative estimate of drug-likeness (QED) is 0.856. The van der Waals surface area contributed by atoms with Gasteiger partial charge in [0.15, 0.2) is 0 Å². The lowest BCUT2D eigenvalue weighted by molar-refractivity contribution is 0.233. The molecule has 0 radical (unpaired) electrons. The SMILES string of the molecule is CC(C)c1nc(N)cc(N2CCN(C)C(C)C2)n1. The van der Waals surface area contributed by atoms with Crippen LogP contribution in [0.15, 0.2) is 6.07 Å². The summed E-state index contributed by atoms with van der Waals surface area (Å²) in [4.78, 5) is 13.6. The molecule has 1 aliphatic heterocycles. The maximum Gasteiger partial charge on any atom is 0.135 e. The minimum atomic E-state index is 0.303. The molecule has 1 atom stereocenters. The lowest BCUT2D eigenvalue weighted by Crippen LogP contribution is -2.50. The number of nitrogens with zero attached hydrogens (tertiary/aromatic N) is 4. The molecule has 0 spiro atoms. The van der Waals surface area contributed by atoms with Gasteiger partial charge in [-0.25, -0.2) is 9.97 Å². The minimum absolute atomic E-state index is 0.303. The van der Waals surface area contributed by atoms with Crippen LogP contribution in [0.5, 0.6) is 0 Å². The molecule has 5 nitrogen and oxygen atoms in total. The number of hydrogen-bond donors (Lipinski definition) is 1. The molecule has 2 N–H and O–H groups in total. The van der Waals surface area contributed by atoms with Crippen LogP contribution in [0.25, 0.3) is 0 Å². The van der Waals surface area contributed by atoms with Gasteiger partial charge in [0.25, 0.3) is 0 Å². The monoisotopic (exact) mass is 249 g/mol. The Kier molecular flexibility index (Phi) is 3.71. The van der Waals surface area contributed by atoms with Crippen molar-refractivity contribution in [3.63, 3.8) is 0 Å². The summed E-state index contributed by atoms with van der Waals surface area (Å²) in [5, 5.41) is 0. The van der Waals surface area contributed by atoms with E-state index in [0.717, 1.165) is 31.3 Å². The fourth-order valence-electron chi connectivity index (χ4n) is 2.15. The first-order valence-corrected chi connectivity index (χ1v) is 6.57. The third kappa shape index (κ3) is 2.72. The highest BCUT2D eigenvalue weighted by atomic mass is 15.3. The second kappa shape index (κ2) is 5.10. The van der Waals surface area contributed by atoms with Crippen LogP contribution in [0, 0.1) is 0 Å². The topological polar surface area (TPSA) is 58.3 Å². The molecule has 2 heterocycles. The number of anilines is 2. The lowest BCUT2D eigenvalue weighted by Gasteiger charge is -2.38. The van der Waals surface area contributed by atoms with E-state index in [-0.39, 0.29) is 0 Å². The van der Waals surface area contributed by atoms with Crippen molar-refractivity contribution in [2.24, 2.45) is 0 Å². The van der Waals surface area contributed by atoms with Gasteiger partial charge in [-0.1, -0.05) is 13.8 Å². The zero-order valence-corrected chi connectivity index (χ0v) is 11.7. The Bertz CT molecular complexity index is 418. The molecule has 1 saturated heterocycles. The molecule has 5 heteroatoms. The molecule has 0 aromatic carbocycles. The maximum absolute atomic E-state index is 5.88. The fraction of sp³-hybridized carbons (Fsp3) is 0.692. The van der Waals surface area contributed by atoms with Crippen LogP contribution >= 0.6 is 0 Å². The Hall–Kier alpha value is -1.36. The molecular weight excluding hydrogens is 226 g/mol. The fourth-order valence-corrected chi connectivity index (χ4v) is 2.15. The summed E-state index contributed by atoms with van der Waals surface area (Å²) < 4.78 is 0. The van der Waals surface area contributed by atoms with Crippen LogP contribution in [0.1, 0.15) is 32.5 Å². The van der Waals surface area contributed by atoms with Crippen molar-refractivity contribution in [1.82, 2.24) is 14.9 Å². The van der Waals surface area contributed by atoms with Crippen molar-refractivity contribution in [1.29, 1.82) is 0 Å². The van der Waals surface area contributed by atoms with Gasteiger partial charge in [-0.15, -0.1) is 0 Å². The van der Waals surface area contributed by atoms with Crippen LogP contribution < -0.4 is 10.6 Å². The molecule has 100 valence electrons. The van der Waals surface area contributed by atoms with Gasteiger partial charge in [-0.3, -0.25) is 0 Å². The first-order valence-electron chi connectivity index (χ1n) is 6.57. The summed E-state index contributed by atoms with van der Waals surface area (Å²) in [5.74, 6) is 2.66. The van der Waals surface area contributed by atoms with Crippen molar-refractivity contribution in [2.75, 3.05) is 37.3 Å². The highest BCUT2D eigenvalue weighted by Gasteiger charge is 2.22. The molecule has 1 aromatic rings. The summed E-state index contributed by atoms with van der Waals surface area (Å²) in [6.45, 7) is 9.46. The highest BCUT2D eigenvalue weighted by Crippen LogP contribution is 2.20. The van der Waals surface area contributed by atoms with Gasteiger partial charge in [0, 0.05) is 37.7 Å². The van der Waals surface area contributed by atoms with Crippen LogP contribution in [0.3, 0.4) is 0 Å². The molecule has 1 unspecified atom stereocenters. The van der Waals surface area contributed by atoms with Crippen molar-refractivity contribution >= 4 is 11.6 Å². The summed E-state index contributed by atoms with van der Waals surface area (Å²) in [7, 11) is 2.16. The standard InChI is InChI=1S/C13H23N5/c1-9(2)13-15-11(14)7-12(16-13)18-6-5-17(4)10(3)8-18/h7,9-10H,5-6,8H2,1-4H3,(H2,14,15,16). The van der Waals surface area contributed by atoms with E-state index in [4.69, 9.17) is 5.73 Å². The van der Waals surface area contributed by atoms with E-state index in [1.807, 2.05) is 6.07 Å². The van der Waals surface area contributed by atoms with Crippen LogP contribution in [-0.4, -0.2) is 47.6 Å². The highest BCUT2D eigenvalue weighted by molar-refractivity contribution is 5.47. The number of likely N-dealkylation sites (N-methyl/N-ethyl adjacent to an activating group) is 1. The van der Waals surface area contributed by atoms with Crippen molar-refractivity contribution in [2.45, 2.75) is 32.7 Å². The molecule has 1 aliphatic rings. The first-order chi connectivity index (χ1) is 8.47. The van der Waals surface area contributed by atoms with Crippen molar-refractivity contribution in [3.8, 4) is 0 Å². The number of nitrogens with two attached hydrogens (primary N) is 1. The zero-order chi connectivity index (χ0) is 13.3. The van der Waals surface area contributed by atoms with Crippen molar-refractivity contribution < 1.29 is 0 Å². The largest absolute Gasteiger partial charge is 0.384 e. The predicted molar refractivity (Wildman–Crippen MR) is 74.8 cm³/mol. The molecule has 0 bridgehead atoms. The van der Waals surface area contributed by atoms with Gasteiger partial charge in [0.05, 0.1) is 0 Å². The molecule has 18 heavy (non-hydrogen) atoms. The van der Waals surface area contributed by atoms with E-state index in [2.05, 4.69) is 47.6 Å². The van der Waals surface area contributed by atoms with Crippen LogP contribution in [0.2, 0.25) is 0 Å². The minimum Gasteiger partial charge on any atom is -0.384 e. The van der Waals surface area contributed by atoms with Crippen LogP contribution in [-0.2, 0) is 0 Å². The number of hydrogen-bond acceptors (Lipinski definition) is 5. The number of nitrogen functional groups attached to an aromatic ring is 1. The van der Waals surface area contributed by atoms with E-state index in [9.17, 15) is 0 Å². The third-order valence-electron chi connectivity index (χ3n) is 3.55. The first kappa shape index (κ1) is 13.1. The van der Waals surface area contributed by atoms with E-state index >= 15 is 0 Å². The van der Waals surface area contributed by atoms with Gasteiger partial charge in [-0.05, 0) is 14.0 Å². The Balaban J connectivity index is 2.23. The van der Waals surface area contributed by atoms with Crippen LogP contribution in [0.4, 0.5) is 11.6 Å². The molecule has 0 saturated carbocycles. The van der Waals surface area contributed by atoms with E-state index in [0.29, 0.717) is 17.8 Å². The second-order valence-electron chi connectivity index (χ2n) is 5.44. The van der Waals surface area contributed by atoms with Gasteiger partial charge in [0.1, 0.15) is 17.5 Å². The number of rotatable bonds is 2. The number of aromatic nitrogens is 2. The van der Waals surface area contributed by atoms with Gasteiger partial charge in [-0.2, -0.15) is 0 Å². The van der Waals surface area contributed by atoms with Crippen molar-refractivity contribution in [3.05, 3.63) is 11.9 Å². The second-order valence-corrected chi connectivity index (χ2v) is 5.44. The average molecular weight is 249 g/mol. The Morgan fingerprint density at radius 1 is 1.33 bits per heavy atom. The Labute approximate surface area is 109 Å². The zero-order valence-electron chi connectivity index (χ0n) is 11.7. The summed E-state index contributed by atoms with van der Waals surface area (Å²) in [6.07, 6.45) is 0. The van der Waals surface area contributed by atoms with Gasteiger partial charge in [0.2, 0.25) is 0 Å². The predicted octanol–water partition coefficient (Wildman–Crippen LogP) is 1.32. The van der Waals surface area contributed by atoms with Gasteiger partial charge < -0.3 is 15.5 Å². The third-order valence-corrected chi connectivity index (χ3v) is 3.55. The Morgan fingerprint density at radius 3 is 2.67 bits per heavy atom. The molecule has 1 fully saturated rings. The molecule has 0 aliphatic carbocycles. The normalized spacial score (nSPS) is 21.6. The smallest absolute Gasteiger partial charge is 0.135 e. The van der Waals surface area contributed by atoms with E-state index < -0.39 is 0 Å². The maximum atomic E-state index is 5.88. The number of piperazine rings is 1. The summed E-state index contributed by atoms with van der Waals surface area (Å²) in [5.41, 5.74) is 5.88. The Morgan fingerprint density at radius 2 is 2.06 bits per heavy atom. The van der Waals surface area contributed by atoms with Gasteiger partial charge >= 0.3 is 0 Å². The molecule has 2 rings (SSSR count). The molecule has 0 amide bonds. The summed E-state index contributed by atoms with van der Waals surface area (Å²) >= 11 is 0. The summed E-state index contributed by atoms with van der Waals surface area (Å²) in [6, 6.07) is 2.42. The lowest BCUT2D eigenvalue weighted by atomic mass is 10.2. The van der Waals surface area contributed by atoms with E-state index in [1.165, 1.54) is 0 Å². The molecule has 1 aromatic heterocycles. The average Bonchev–Trinajstić information content (AvgIpc) is 2.31. The molecular formula is C13H23N5. The van der Waals surface area contributed by atoms with E-state index in [1.54, 1.807) is 0 Å².